The van der Waals surface area contributed by atoms with Crippen LogP contribution in [0.15, 0.2) is 0 Å². The van der Waals surface area contributed by atoms with E-state index in [0.717, 1.165) is 0 Å². The Bertz CT molecular complexity index is 149. The molecule has 0 aliphatic rings. The molecule has 0 saturated carbocycles. The quantitative estimate of drug-likeness (QED) is 0.607. The SMILES string of the molecule is C.C.C.C.C.C.CCOCCOCC(=O)C(C)(C)C. The van der Waals surface area contributed by atoms with Crippen LogP contribution in [-0.4, -0.2) is 32.2 Å². The van der Waals surface area contributed by atoms with Crippen LogP contribution in [0.25, 0.3) is 0 Å². The summed E-state index contributed by atoms with van der Waals surface area (Å²) in [5, 5.41) is 0. The van der Waals surface area contributed by atoms with Gasteiger partial charge in [0.2, 0.25) is 0 Å². The van der Waals surface area contributed by atoms with E-state index < -0.39 is 0 Å². The molecule has 0 aromatic heterocycles. The Kier molecular flexibility index (Phi) is 51.3. The standard InChI is InChI=1S/C10H20O3.6CH4/c1-5-12-6-7-13-8-9(11)10(2,3)4;;;;;;/h5-8H2,1-4H3;6*1H4. The highest BCUT2D eigenvalue weighted by molar-refractivity contribution is 5.84. The van der Waals surface area contributed by atoms with Gasteiger partial charge in [-0.05, 0) is 6.92 Å². The van der Waals surface area contributed by atoms with Crippen LogP contribution in [0.2, 0.25) is 0 Å². The molecule has 0 rings (SSSR count). The maximum atomic E-state index is 11.3. The van der Waals surface area contributed by atoms with Gasteiger partial charge in [0.05, 0.1) is 13.2 Å². The summed E-state index contributed by atoms with van der Waals surface area (Å²) in [6.07, 6.45) is 0. The van der Waals surface area contributed by atoms with Gasteiger partial charge in [-0.3, -0.25) is 4.79 Å². The molecular formula is C16H44O3. The van der Waals surface area contributed by atoms with Crippen molar-refractivity contribution in [3.8, 4) is 0 Å². The van der Waals surface area contributed by atoms with Crippen LogP contribution in [0.3, 0.4) is 0 Å². The molecule has 3 nitrogen and oxygen atoms in total. The van der Waals surface area contributed by atoms with E-state index in [1.165, 1.54) is 0 Å². The van der Waals surface area contributed by atoms with Crippen LogP contribution in [0, 0.1) is 5.41 Å². The highest BCUT2D eigenvalue weighted by Gasteiger charge is 2.20. The highest BCUT2D eigenvalue weighted by Crippen LogP contribution is 2.14. The normalized spacial score (nSPS) is 8.00. The molecule has 3 heteroatoms. The number of rotatable bonds is 6. The van der Waals surface area contributed by atoms with Gasteiger partial charge >= 0.3 is 0 Å². The molecule has 0 aliphatic heterocycles. The van der Waals surface area contributed by atoms with Crippen LogP contribution < -0.4 is 0 Å². The molecule has 0 N–H and O–H groups in total. The lowest BCUT2D eigenvalue weighted by molar-refractivity contribution is -0.131. The third kappa shape index (κ3) is 27.0. The number of hydrogen-bond donors (Lipinski definition) is 0. The second-order valence-electron chi connectivity index (χ2n) is 3.92. The van der Waals surface area contributed by atoms with E-state index in [-0.39, 0.29) is 62.4 Å². The van der Waals surface area contributed by atoms with Crippen molar-refractivity contribution in [3.63, 3.8) is 0 Å². The van der Waals surface area contributed by atoms with Gasteiger partial charge in [0.15, 0.2) is 5.78 Å². The smallest absolute Gasteiger partial charge is 0.163 e. The molecule has 0 amide bonds. The number of carbonyl (C=O) groups excluding carboxylic acids is 1. The minimum Gasteiger partial charge on any atom is -0.379 e. The first-order chi connectivity index (χ1) is 5.98. The fourth-order valence-electron chi connectivity index (χ4n) is 0.644. The summed E-state index contributed by atoms with van der Waals surface area (Å²) in [5.74, 6) is 0.129. The fourth-order valence-corrected chi connectivity index (χ4v) is 0.644. The largest absolute Gasteiger partial charge is 0.379 e. The molecule has 0 radical (unpaired) electrons. The van der Waals surface area contributed by atoms with Crippen molar-refractivity contribution in [2.75, 3.05) is 26.4 Å². The summed E-state index contributed by atoms with van der Waals surface area (Å²) < 4.78 is 10.2. The Hall–Kier alpha value is -0.410. The minimum absolute atomic E-state index is 0. The third-order valence-electron chi connectivity index (χ3n) is 1.65. The predicted molar refractivity (Wildman–Crippen MR) is 92.2 cm³/mol. The number of ketones is 1. The number of Topliss-reactive ketones (excluding diaryl/α,β-unsaturated/α-hetero) is 1. The molecular weight excluding hydrogens is 240 g/mol. The van der Waals surface area contributed by atoms with Crippen molar-refractivity contribution in [1.82, 2.24) is 0 Å². The first-order valence-electron chi connectivity index (χ1n) is 4.67. The van der Waals surface area contributed by atoms with Crippen molar-refractivity contribution in [3.05, 3.63) is 0 Å². The number of hydrogen-bond acceptors (Lipinski definition) is 3. The molecule has 0 spiro atoms. The molecule has 0 atom stereocenters. The lowest BCUT2D eigenvalue weighted by atomic mass is 9.91. The van der Waals surface area contributed by atoms with Crippen LogP contribution >= 0.6 is 0 Å². The maximum absolute atomic E-state index is 11.3. The number of carbonyl (C=O) groups is 1. The van der Waals surface area contributed by atoms with Gasteiger partial charge in [-0.1, -0.05) is 65.3 Å². The van der Waals surface area contributed by atoms with Gasteiger partial charge in [-0.25, -0.2) is 0 Å². The van der Waals surface area contributed by atoms with E-state index in [1.807, 2.05) is 27.7 Å². The zero-order chi connectivity index (χ0) is 10.3. The summed E-state index contributed by atoms with van der Waals surface area (Å²) in [6, 6.07) is 0. The molecule has 0 heterocycles. The summed E-state index contributed by atoms with van der Waals surface area (Å²) in [4.78, 5) is 11.3. The Morgan fingerprint density at radius 3 is 1.53 bits per heavy atom. The second-order valence-corrected chi connectivity index (χ2v) is 3.92. The molecule has 0 aromatic rings. The first-order valence-corrected chi connectivity index (χ1v) is 4.67. The van der Waals surface area contributed by atoms with E-state index in [2.05, 4.69) is 0 Å². The van der Waals surface area contributed by atoms with Crippen molar-refractivity contribution in [2.24, 2.45) is 5.41 Å². The zero-order valence-electron chi connectivity index (χ0n) is 9.05. The molecule has 0 aromatic carbocycles. The minimum atomic E-state index is -0.300. The number of ether oxygens (including phenoxy) is 2. The fraction of sp³-hybridized carbons (Fsp3) is 0.938. The zero-order valence-corrected chi connectivity index (χ0v) is 9.05. The van der Waals surface area contributed by atoms with Crippen LogP contribution in [0.4, 0.5) is 0 Å². The molecule has 0 saturated heterocycles. The summed E-state index contributed by atoms with van der Waals surface area (Å²) in [6.45, 7) is 9.54. The van der Waals surface area contributed by atoms with Crippen molar-refractivity contribution in [2.45, 2.75) is 72.3 Å². The van der Waals surface area contributed by atoms with Gasteiger partial charge in [0.1, 0.15) is 6.61 Å². The highest BCUT2D eigenvalue weighted by atomic mass is 16.5. The second kappa shape index (κ2) is 22.7. The van der Waals surface area contributed by atoms with Crippen molar-refractivity contribution < 1.29 is 14.3 Å². The average molecular weight is 285 g/mol. The van der Waals surface area contributed by atoms with Gasteiger partial charge in [-0.15, -0.1) is 0 Å². The predicted octanol–water partition coefficient (Wildman–Crippen LogP) is 5.47. The Labute approximate surface area is 125 Å². The van der Waals surface area contributed by atoms with E-state index in [0.29, 0.717) is 19.8 Å². The Morgan fingerprint density at radius 1 is 0.842 bits per heavy atom. The lowest BCUT2D eigenvalue weighted by Crippen LogP contribution is -2.25. The van der Waals surface area contributed by atoms with E-state index >= 15 is 0 Å². The molecule has 126 valence electrons. The van der Waals surface area contributed by atoms with Crippen molar-refractivity contribution in [1.29, 1.82) is 0 Å². The Morgan fingerprint density at radius 2 is 1.21 bits per heavy atom. The van der Waals surface area contributed by atoms with E-state index in [1.54, 1.807) is 0 Å². The van der Waals surface area contributed by atoms with Crippen LogP contribution in [0.1, 0.15) is 72.3 Å². The maximum Gasteiger partial charge on any atom is 0.163 e. The van der Waals surface area contributed by atoms with Gasteiger partial charge in [-0.2, -0.15) is 0 Å². The van der Waals surface area contributed by atoms with Gasteiger partial charge in [0.25, 0.3) is 0 Å². The molecule has 0 aliphatic carbocycles. The first kappa shape index (κ1) is 42.8. The van der Waals surface area contributed by atoms with Crippen LogP contribution in [0.5, 0.6) is 0 Å². The van der Waals surface area contributed by atoms with Crippen molar-refractivity contribution >= 4 is 5.78 Å². The monoisotopic (exact) mass is 284 g/mol. The summed E-state index contributed by atoms with van der Waals surface area (Å²) >= 11 is 0. The van der Waals surface area contributed by atoms with Gasteiger partial charge in [0, 0.05) is 12.0 Å². The molecule has 0 bridgehead atoms. The lowest BCUT2D eigenvalue weighted by Gasteiger charge is -2.16. The Balaban J connectivity index is -0.0000000480. The van der Waals surface area contributed by atoms with E-state index in [4.69, 9.17) is 9.47 Å². The summed E-state index contributed by atoms with van der Waals surface area (Å²) in [5.41, 5.74) is -0.300. The third-order valence-corrected chi connectivity index (χ3v) is 1.65. The topological polar surface area (TPSA) is 35.5 Å². The average Bonchev–Trinajstić information content (AvgIpc) is 2.02. The van der Waals surface area contributed by atoms with E-state index in [9.17, 15) is 4.79 Å². The van der Waals surface area contributed by atoms with Gasteiger partial charge < -0.3 is 9.47 Å². The summed E-state index contributed by atoms with van der Waals surface area (Å²) in [7, 11) is 0. The molecule has 19 heavy (non-hydrogen) atoms. The molecule has 0 fully saturated rings. The van der Waals surface area contributed by atoms with Crippen LogP contribution in [-0.2, 0) is 14.3 Å². The molecule has 0 unspecified atom stereocenters.